The molecule has 0 atom stereocenters. The second-order valence-corrected chi connectivity index (χ2v) is 3.79. The van der Waals surface area contributed by atoms with Crippen molar-refractivity contribution in [1.82, 2.24) is 4.90 Å². The summed E-state index contributed by atoms with van der Waals surface area (Å²) >= 11 is 0. The smallest absolute Gasteiger partial charge is 0.218 e. The monoisotopic (exact) mass is 211 g/mol. The van der Waals surface area contributed by atoms with Crippen LogP contribution in [0.25, 0.3) is 0 Å². The molecule has 4 N–H and O–H groups in total. The number of aliphatic imine (C=N–C) groups is 2. The van der Waals surface area contributed by atoms with Crippen LogP contribution >= 0.6 is 0 Å². The second kappa shape index (κ2) is 4.48. The summed E-state index contributed by atoms with van der Waals surface area (Å²) < 4.78 is 5.22. The fourth-order valence-electron chi connectivity index (χ4n) is 1.40. The Kier molecular flexibility index (Phi) is 3.05. The molecule has 0 aromatic rings. The van der Waals surface area contributed by atoms with Gasteiger partial charge in [-0.15, -0.1) is 0 Å². The molecule has 6 nitrogen and oxygen atoms in total. The highest BCUT2D eigenvalue weighted by atomic mass is 16.5. The maximum Gasteiger partial charge on any atom is 0.218 e. The Hall–Kier alpha value is -1.30. The van der Waals surface area contributed by atoms with E-state index >= 15 is 0 Å². The minimum absolute atomic E-state index is 0.293. The van der Waals surface area contributed by atoms with Crippen LogP contribution < -0.4 is 11.5 Å². The van der Waals surface area contributed by atoms with E-state index in [4.69, 9.17) is 16.2 Å². The van der Waals surface area contributed by atoms with Crippen molar-refractivity contribution in [2.45, 2.75) is 18.9 Å². The Balaban J connectivity index is 1.91. The number of nitrogens with two attached hydrogens (primary N) is 2. The zero-order valence-corrected chi connectivity index (χ0v) is 8.72. The lowest BCUT2D eigenvalue weighted by molar-refractivity contribution is 0.0676. The van der Waals surface area contributed by atoms with Crippen molar-refractivity contribution in [3.63, 3.8) is 0 Å². The van der Waals surface area contributed by atoms with E-state index in [-0.39, 0.29) is 0 Å². The van der Waals surface area contributed by atoms with Crippen LogP contribution in [0, 0.1) is 0 Å². The summed E-state index contributed by atoms with van der Waals surface area (Å²) in [5, 5.41) is 0. The van der Waals surface area contributed by atoms with Gasteiger partial charge in [0.25, 0.3) is 0 Å². The first kappa shape index (κ1) is 10.2. The number of ether oxygens (including phenoxy) is 1. The molecule has 1 aliphatic heterocycles. The summed E-state index contributed by atoms with van der Waals surface area (Å²) in [6, 6.07) is 0.381. The Morgan fingerprint density at radius 2 is 1.87 bits per heavy atom. The summed E-state index contributed by atoms with van der Waals surface area (Å²) in [4.78, 5) is 10.2. The molecule has 2 fully saturated rings. The molecule has 0 bridgehead atoms. The number of hydrogen-bond donors (Lipinski definition) is 2. The molecule has 0 spiro atoms. The van der Waals surface area contributed by atoms with Gasteiger partial charge >= 0.3 is 0 Å². The molecule has 0 radical (unpaired) electrons. The highest BCUT2D eigenvalue weighted by Gasteiger charge is 2.20. The highest BCUT2D eigenvalue weighted by molar-refractivity contribution is 5.93. The molecule has 15 heavy (non-hydrogen) atoms. The van der Waals surface area contributed by atoms with Gasteiger partial charge in [0, 0.05) is 13.1 Å². The average molecular weight is 211 g/mol. The zero-order valence-electron chi connectivity index (χ0n) is 8.72. The molecule has 0 aromatic carbocycles. The molecule has 1 saturated heterocycles. The highest BCUT2D eigenvalue weighted by Crippen LogP contribution is 2.23. The first-order chi connectivity index (χ1) is 7.25. The topological polar surface area (TPSA) is 89.2 Å². The zero-order chi connectivity index (χ0) is 10.7. The molecule has 2 rings (SSSR count). The normalized spacial score (nSPS) is 24.4. The van der Waals surface area contributed by atoms with Gasteiger partial charge in [-0.3, -0.25) is 0 Å². The quantitative estimate of drug-likeness (QED) is 0.435. The van der Waals surface area contributed by atoms with Crippen LogP contribution in [0.2, 0.25) is 0 Å². The minimum Gasteiger partial charge on any atom is -0.378 e. The first-order valence-corrected chi connectivity index (χ1v) is 5.26. The predicted molar refractivity (Wildman–Crippen MR) is 58.7 cm³/mol. The van der Waals surface area contributed by atoms with E-state index in [9.17, 15) is 0 Å². The molecule has 6 heteroatoms. The number of nitrogens with zero attached hydrogens (tertiary/aromatic N) is 3. The van der Waals surface area contributed by atoms with Gasteiger partial charge in [0.1, 0.15) is 0 Å². The third-order valence-electron chi connectivity index (χ3n) is 2.43. The van der Waals surface area contributed by atoms with Crippen LogP contribution in [0.15, 0.2) is 9.98 Å². The average Bonchev–Trinajstić information content (AvgIpc) is 3.03. The lowest BCUT2D eigenvalue weighted by atomic mass is 10.4. The molecule has 1 saturated carbocycles. The van der Waals surface area contributed by atoms with Crippen LogP contribution in [-0.2, 0) is 4.74 Å². The van der Waals surface area contributed by atoms with E-state index < -0.39 is 0 Å². The van der Waals surface area contributed by atoms with Gasteiger partial charge in [0.15, 0.2) is 5.96 Å². The van der Waals surface area contributed by atoms with Gasteiger partial charge in [-0.25, -0.2) is 4.99 Å². The Morgan fingerprint density at radius 3 is 2.47 bits per heavy atom. The summed E-state index contributed by atoms with van der Waals surface area (Å²) in [5.74, 6) is 0.738. The fourth-order valence-corrected chi connectivity index (χ4v) is 1.40. The number of guanidine groups is 2. The standard InChI is InChI=1S/C9H17N5O/c10-8(12-7-1-2-7)13-9(11)14-3-5-15-6-4-14/h7H,1-6H2,(H4,10,11,12,13). The van der Waals surface area contributed by atoms with Crippen LogP contribution in [0.4, 0.5) is 0 Å². The van der Waals surface area contributed by atoms with Gasteiger partial charge in [-0.2, -0.15) is 4.99 Å². The molecule has 1 heterocycles. The van der Waals surface area contributed by atoms with E-state index in [1.165, 1.54) is 0 Å². The molecule has 2 aliphatic rings. The predicted octanol–water partition coefficient (Wildman–Crippen LogP) is -0.890. The largest absolute Gasteiger partial charge is 0.378 e. The number of morpholine rings is 1. The van der Waals surface area contributed by atoms with E-state index in [0.717, 1.165) is 25.9 Å². The Labute approximate surface area is 89.0 Å². The van der Waals surface area contributed by atoms with E-state index in [1.807, 2.05) is 4.90 Å². The van der Waals surface area contributed by atoms with Crippen LogP contribution in [0.1, 0.15) is 12.8 Å². The van der Waals surface area contributed by atoms with Crippen molar-refractivity contribution in [3.8, 4) is 0 Å². The van der Waals surface area contributed by atoms with Gasteiger partial charge in [-0.05, 0) is 12.8 Å². The van der Waals surface area contributed by atoms with Gasteiger partial charge in [0.2, 0.25) is 5.96 Å². The fraction of sp³-hybridized carbons (Fsp3) is 0.778. The molecule has 1 aliphatic carbocycles. The van der Waals surface area contributed by atoms with Crippen molar-refractivity contribution in [1.29, 1.82) is 0 Å². The SMILES string of the molecule is NC(=NC1CC1)N=C(N)N1CCOCC1. The molecule has 0 amide bonds. The van der Waals surface area contributed by atoms with Crippen LogP contribution in [-0.4, -0.2) is 49.2 Å². The van der Waals surface area contributed by atoms with E-state index in [2.05, 4.69) is 9.98 Å². The number of hydrogen-bond acceptors (Lipinski definition) is 2. The van der Waals surface area contributed by atoms with Crippen LogP contribution in [0.3, 0.4) is 0 Å². The van der Waals surface area contributed by atoms with Crippen molar-refractivity contribution < 1.29 is 4.74 Å². The van der Waals surface area contributed by atoms with Gasteiger partial charge in [0.05, 0.1) is 19.3 Å². The second-order valence-electron chi connectivity index (χ2n) is 3.79. The molecule has 84 valence electrons. The maximum atomic E-state index is 5.81. The first-order valence-electron chi connectivity index (χ1n) is 5.26. The Morgan fingerprint density at radius 1 is 1.20 bits per heavy atom. The van der Waals surface area contributed by atoms with E-state index in [0.29, 0.717) is 31.2 Å². The Bertz CT molecular complexity index is 278. The molecule has 0 unspecified atom stereocenters. The van der Waals surface area contributed by atoms with Crippen molar-refractivity contribution in [3.05, 3.63) is 0 Å². The molecular formula is C9H17N5O. The summed E-state index contributed by atoms with van der Waals surface area (Å²) in [5.41, 5.74) is 11.5. The maximum absolute atomic E-state index is 5.81. The molecular weight excluding hydrogens is 194 g/mol. The third-order valence-corrected chi connectivity index (χ3v) is 2.43. The summed E-state index contributed by atoms with van der Waals surface area (Å²) in [7, 11) is 0. The lowest BCUT2D eigenvalue weighted by Gasteiger charge is -2.27. The summed E-state index contributed by atoms with van der Waals surface area (Å²) in [6.07, 6.45) is 2.24. The number of rotatable bonds is 1. The van der Waals surface area contributed by atoms with Crippen molar-refractivity contribution >= 4 is 11.9 Å². The van der Waals surface area contributed by atoms with E-state index in [1.54, 1.807) is 0 Å². The van der Waals surface area contributed by atoms with Gasteiger partial charge in [-0.1, -0.05) is 0 Å². The van der Waals surface area contributed by atoms with Crippen molar-refractivity contribution in [2.24, 2.45) is 21.5 Å². The van der Waals surface area contributed by atoms with Crippen molar-refractivity contribution in [2.75, 3.05) is 26.3 Å². The third kappa shape index (κ3) is 3.09. The van der Waals surface area contributed by atoms with Gasteiger partial charge < -0.3 is 21.1 Å². The lowest BCUT2D eigenvalue weighted by Crippen LogP contribution is -2.45. The minimum atomic E-state index is 0.293. The summed E-state index contributed by atoms with van der Waals surface area (Å²) in [6.45, 7) is 2.92. The molecule has 0 aromatic heterocycles. The van der Waals surface area contributed by atoms with Crippen LogP contribution in [0.5, 0.6) is 0 Å².